The van der Waals surface area contributed by atoms with E-state index in [9.17, 15) is 0 Å². The quantitative estimate of drug-likeness (QED) is 0.582. The molecule has 0 radical (unpaired) electrons. The highest BCUT2D eigenvalue weighted by molar-refractivity contribution is 5.41. The Bertz CT molecular complexity index is 721. The Morgan fingerprint density at radius 1 is 1.36 bits per heavy atom. The van der Waals surface area contributed by atoms with Crippen LogP contribution in [0.1, 0.15) is 64.3 Å². The maximum atomic E-state index is 4.58. The maximum Gasteiger partial charge on any atom is 0.128 e. The van der Waals surface area contributed by atoms with Crippen LogP contribution >= 0.6 is 0 Å². The SMILES string of the molecule is C=N/C(NC1(C)CC1)=C(\C)C(CNC1CCc2cccnc21)=C(C)C. The van der Waals surface area contributed by atoms with Gasteiger partial charge in [-0.05, 0) is 82.9 Å². The minimum absolute atomic E-state index is 0.201. The highest BCUT2D eigenvalue weighted by Gasteiger charge is 2.38. The Labute approximate surface area is 151 Å². The molecule has 0 spiro atoms. The van der Waals surface area contributed by atoms with Gasteiger partial charge in [0.15, 0.2) is 0 Å². The first-order valence-electron chi connectivity index (χ1n) is 9.23. The fourth-order valence-corrected chi connectivity index (χ4v) is 3.51. The van der Waals surface area contributed by atoms with Gasteiger partial charge in [-0.3, -0.25) is 4.98 Å². The van der Waals surface area contributed by atoms with Crippen LogP contribution in [0, 0.1) is 0 Å². The molecule has 0 aliphatic heterocycles. The Hall–Kier alpha value is -1.94. The zero-order chi connectivity index (χ0) is 18.0. The van der Waals surface area contributed by atoms with Crippen LogP contribution in [0.5, 0.6) is 0 Å². The smallest absolute Gasteiger partial charge is 0.128 e. The molecular weight excluding hydrogens is 308 g/mol. The van der Waals surface area contributed by atoms with Crippen molar-refractivity contribution in [3.63, 3.8) is 0 Å². The lowest BCUT2D eigenvalue weighted by Gasteiger charge is -2.21. The van der Waals surface area contributed by atoms with Crippen molar-refractivity contribution in [1.29, 1.82) is 0 Å². The third-order valence-electron chi connectivity index (χ3n) is 5.47. The Kier molecular flexibility index (Phi) is 5.09. The van der Waals surface area contributed by atoms with Gasteiger partial charge in [0, 0.05) is 18.3 Å². The summed E-state index contributed by atoms with van der Waals surface area (Å²) in [6.07, 6.45) is 6.53. The second-order valence-electron chi connectivity index (χ2n) is 7.82. The summed E-state index contributed by atoms with van der Waals surface area (Å²) in [6.45, 7) is 13.3. The van der Waals surface area contributed by atoms with Crippen LogP contribution < -0.4 is 10.6 Å². The molecule has 0 aromatic carbocycles. The fourth-order valence-electron chi connectivity index (χ4n) is 3.51. The first-order valence-corrected chi connectivity index (χ1v) is 9.23. The summed E-state index contributed by atoms with van der Waals surface area (Å²) >= 11 is 0. The Morgan fingerprint density at radius 3 is 2.76 bits per heavy atom. The van der Waals surface area contributed by atoms with Crippen molar-refractivity contribution < 1.29 is 0 Å². The van der Waals surface area contributed by atoms with Crippen LogP contribution in [0.25, 0.3) is 0 Å². The molecule has 25 heavy (non-hydrogen) atoms. The van der Waals surface area contributed by atoms with E-state index < -0.39 is 0 Å². The van der Waals surface area contributed by atoms with Gasteiger partial charge in [0.2, 0.25) is 0 Å². The lowest BCUT2D eigenvalue weighted by molar-refractivity contribution is 0.544. The molecule has 2 aliphatic carbocycles. The van der Waals surface area contributed by atoms with Crippen LogP contribution in [0.15, 0.2) is 45.9 Å². The highest BCUT2D eigenvalue weighted by Crippen LogP contribution is 2.36. The zero-order valence-electron chi connectivity index (χ0n) is 15.9. The minimum Gasteiger partial charge on any atom is -0.365 e. The van der Waals surface area contributed by atoms with Crippen molar-refractivity contribution in [3.05, 3.63) is 52.1 Å². The first-order chi connectivity index (χ1) is 11.9. The molecular formula is C21H30N4. The number of hydrogen-bond acceptors (Lipinski definition) is 4. The van der Waals surface area contributed by atoms with Gasteiger partial charge in [0.25, 0.3) is 0 Å². The van der Waals surface area contributed by atoms with E-state index in [1.54, 1.807) is 0 Å². The lowest BCUT2D eigenvalue weighted by atomic mass is 10.0. The van der Waals surface area contributed by atoms with E-state index in [1.807, 2.05) is 12.3 Å². The van der Waals surface area contributed by atoms with E-state index in [4.69, 9.17) is 0 Å². The molecule has 1 aromatic rings. The molecule has 2 aliphatic rings. The third-order valence-corrected chi connectivity index (χ3v) is 5.47. The number of aromatic nitrogens is 1. The summed E-state index contributed by atoms with van der Waals surface area (Å²) in [5.74, 6) is 0.919. The van der Waals surface area contributed by atoms with Gasteiger partial charge in [0.05, 0.1) is 11.7 Å². The zero-order valence-corrected chi connectivity index (χ0v) is 15.9. The number of aryl methyl sites for hydroxylation is 1. The van der Waals surface area contributed by atoms with E-state index in [1.165, 1.54) is 40.8 Å². The standard InChI is InChI=1S/C21H30N4/c1-14(2)17(15(3)20(22-5)25-21(4)10-11-21)13-24-18-9-8-16-7-6-12-23-19(16)18/h6-7,12,18,24-25H,5,8-11,13H2,1-4H3/b20-15-. The fraction of sp³-hybridized carbons (Fsp3) is 0.524. The number of aliphatic imine (C=N–C) groups is 1. The topological polar surface area (TPSA) is 49.3 Å². The monoisotopic (exact) mass is 338 g/mol. The van der Waals surface area contributed by atoms with Crippen LogP contribution in [-0.2, 0) is 6.42 Å². The van der Waals surface area contributed by atoms with Crippen LogP contribution in [-0.4, -0.2) is 23.8 Å². The average molecular weight is 338 g/mol. The predicted octanol–water partition coefficient (Wildman–Crippen LogP) is 4.07. The summed E-state index contributed by atoms with van der Waals surface area (Å²) < 4.78 is 0. The molecule has 0 bridgehead atoms. The first kappa shape index (κ1) is 17.9. The number of rotatable bonds is 7. The van der Waals surface area contributed by atoms with Gasteiger partial charge in [-0.2, -0.15) is 0 Å². The minimum atomic E-state index is 0.201. The van der Waals surface area contributed by atoms with Crippen LogP contribution in [0.3, 0.4) is 0 Å². The Morgan fingerprint density at radius 2 is 2.12 bits per heavy atom. The summed E-state index contributed by atoms with van der Waals surface area (Å²) in [7, 11) is 0. The van der Waals surface area contributed by atoms with Crippen molar-refractivity contribution in [2.75, 3.05) is 6.54 Å². The lowest BCUT2D eigenvalue weighted by Crippen LogP contribution is -2.29. The van der Waals surface area contributed by atoms with Crippen molar-refractivity contribution >= 4 is 6.72 Å². The van der Waals surface area contributed by atoms with Gasteiger partial charge in [-0.15, -0.1) is 0 Å². The van der Waals surface area contributed by atoms with Crippen molar-refractivity contribution in [3.8, 4) is 0 Å². The summed E-state index contributed by atoms with van der Waals surface area (Å²) in [6, 6.07) is 4.56. The molecule has 134 valence electrons. The normalized spacial score (nSPS) is 21.2. The number of hydrogen-bond donors (Lipinski definition) is 2. The summed E-state index contributed by atoms with van der Waals surface area (Å²) in [5, 5.41) is 7.29. The molecule has 4 heteroatoms. The van der Waals surface area contributed by atoms with Crippen LogP contribution in [0.2, 0.25) is 0 Å². The second-order valence-corrected chi connectivity index (χ2v) is 7.82. The van der Waals surface area contributed by atoms with E-state index in [0.717, 1.165) is 25.2 Å². The van der Waals surface area contributed by atoms with Gasteiger partial charge >= 0.3 is 0 Å². The molecule has 1 aromatic heterocycles. The molecule has 3 rings (SSSR count). The van der Waals surface area contributed by atoms with E-state index in [-0.39, 0.29) is 5.54 Å². The summed E-state index contributed by atoms with van der Waals surface area (Å²) in [5.41, 5.74) is 6.60. The van der Waals surface area contributed by atoms with Crippen molar-refractivity contribution in [2.24, 2.45) is 4.99 Å². The number of nitrogens with zero attached hydrogens (tertiary/aromatic N) is 2. The van der Waals surface area contributed by atoms with Crippen molar-refractivity contribution in [1.82, 2.24) is 15.6 Å². The summed E-state index contributed by atoms with van der Waals surface area (Å²) in [4.78, 5) is 8.86. The van der Waals surface area contributed by atoms with Gasteiger partial charge in [0.1, 0.15) is 5.82 Å². The molecule has 0 amide bonds. The third kappa shape index (κ3) is 4.01. The van der Waals surface area contributed by atoms with Gasteiger partial charge in [-0.25, -0.2) is 4.99 Å². The number of nitrogens with one attached hydrogen (secondary N) is 2. The largest absolute Gasteiger partial charge is 0.365 e. The van der Waals surface area contributed by atoms with Gasteiger partial charge in [-0.1, -0.05) is 11.6 Å². The molecule has 1 saturated carbocycles. The number of fused-ring (bicyclic) bond motifs is 1. The average Bonchev–Trinajstić information content (AvgIpc) is 3.18. The van der Waals surface area contributed by atoms with Crippen molar-refractivity contribution in [2.45, 2.75) is 65.0 Å². The number of allylic oxidation sites excluding steroid dienone is 1. The van der Waals surface area contributed by atoms with Crippen LogP contribution in [0.4, 0.5) is 0 Å². The number of pyridine rings is 1. The Balaban J connectivity index is 1.74. The predicted molar refractivity (Wildman–Crippen MR) is 105 cm³/mol. The van der Waals surface area contributed by atoms with E-state index in [2.05, 4.69) is 61.1 Å². The molecule has 1 fully saturated rings. The molecule has 1 heterocycles. The van der Waals surface area contributed by atoms with Gasteiger partial charge < -0.3 is 10.6 Å². The second kappa shape index (κ2) is 7.12. The molecule has 1 atom stereocenters. The van der Waals surface area contributed by atoms with E-state index in [0.29, 0.717) is 6.04 Å². The molecule has 1 unspecified atom stereocenters. The molecule has 2 N–H and O–H groups in total. The molecule has 4 nitrogen and oxygen atoms in total. The van der Waals surface area contributed by atoms with E-state index >= 15 is 0 Å². The molecule has 0 saturated heterocycles. The highest BCUT2D eigenvalue weighted by atomic mass is 15.1. The maximum absolute atomic E-state index is 4.58.